The first-order valence-electron chi connectivity index (χ1n) is 8.28. The summed E-state index contributed by atoms with van der Waals surface area (Å²) in [6, 6.07) is 2.01. The number of aliphatic hydroxyl groups is 1. The van der Waals surface area contributed by atoms with Crippen LogP contribution in [0.4, 0.5) is 5.69 Å². The van der Waals surface area contributed by atoms with Gasteiger partial charge >= 0.3 is 0 Å². The number of ether oxygens (including phenoxy) is 1. The van der Waals surface area contributed by atoms with Gasteiger partial charge in [-0.05, 0) is 38.8 Å². The average Bonchev–Trinajstić information content (AvgIpc) is 3.05. The van der Waals surface area contributed by atoms with Crippen LogP contribution >= 0.6 is 0 Å². The minimum Gasteiger partial charge on any atom is -0.390 e. The molecule has 3 aliphatic heterocycles. The standard InChI is InChI=1S/C18H19N3O4/c1-8-9(2)11(7-20-10(8)6-19)21-15(23)13-14(16(21)24)18(4)12(22)5-17(13,3)25-18/h7,12-14,22H,5H2,1-4H3/t12-,13+,14-,17?,18?/m1/s1. The molecule has 5 atom stereocenters. The molecule has 2 amide bonds. The topological polar surface area (TPSA) is 104 Å². The van der Waals surface area contributed by atoms with Gasteiger partial charge in [0.15, 0.2) is 0 Å². The van der Waals surface area contributed by atoms with Crippen LogP contribution < -0.4 is 4.90 Å². The quantitative estimate of drug-likeness (QED) is 0.764. The van der Waals surface area contributed by atoms with Crippen LogP contribution in [-0.4, -0.2) is 39.2 Å². The van der Waals surface area contributed by atoms with E-state index < -0.39 is 29.1 Å². The summed E-state index contributed by atoms with van der Waals surface area (Å²) in [5.41, 5.74) is 0.111. The highest BCUT2D eigenvalue weighted by Gasteiger charge is 2.75. The van der Waals surface area contributed by atoms with Gasteiger partial charge in [0.1, 0.15) is 17.4 Å². The van der Waals surface area contributed by atoms with Crippen molar-refractivity contribution in [3.05, 3.63) is 23.0 Å². The van der Waals surface area contributed by atoms with E-state index in [1.54, 1.807) is 27.7 Å². The fourth-order valence-electron chi connectivity index (χ4n) is 4.79. The molecule has 2 bridgehead atoms. The third-order valence-corrected chi connectivity index (χ3v) is 6.26. The van der Waals surface area contributed by atoms with E-state index in [1.165, 1.54) is 11.1 Å². The first kappa shape index (κ1) is 16.2. The molecule has 7 heteroatoms. The van der Waals surface area contributed by atoms with Crippen LogP contribution in [0, 0.1) is 37.0 Å². The Kier molecular flexibility index (Phi) is 3.01. The van der Waals surface area contributed by atoms with Gasteiger partial charge in [-0.15, -0.1) is 0 Å². The number of hydrogen-bond acceptors (Lipinski definition) is 6. The van der Waals surface area contributed by atoms with Gasteiger partial charge in [0.25, 0.3) is 0 Å². The Bertz CT molecular complexity index is 876. The predicted octanol–water partition coefficient (Wildman–Crippen LogP) is 0.988. The molecule has 25 heavy (non-hydrogen) atoms. The molecule has 3 fully saturated rings. The lowest BCUT2D eigenvalue weighted by Crippen LogP contribution is -2.49. The predicted molar refractivity (Wildman–Crippen MR) is 86.4 cm³/mol. The number of nitrogens with zero attached hydrogens (tertiary/aromatic N) is 3. The lowest BCUT2D eigenvalue weighted by molar-refractivity contribution is -0.132. The number of pyridine rings is 1. The molecule has 0 radical (unpaired) electrons. The SMILES string of the molecule is Cc1c(N2C(=O)[C@@H]3[C@H](C2=O)C2(C)OC3(C)C[C@H]2O)cnc(C#N)c1C. The first-order chi connectivity index (χ1) is 11.7. The van der Waals surface area contributed by atoms with Gasteiger partial charge in [0, 0.05) is 6.42 Å². The van der Waals surface area contributed by atoms with Gasteiger partial charge in [-0.2, -0.15) is 5.26 Å². The van der Waals surface area contributed by atoms with Crippen LogP contribution in [-0.2, 0) is 14.3 Å². The number of anilines is 1. The minimum absolute atomic E-state index is 0.276. The van der Waals surface area contributed by atoms with Crippen molar-refractivity contribution in [2.45, 2.75) is 51.4 Å². The number of carbonyl (C=O) groups excluding carboxylic acids is 2. The van der Waals surface area contributed by atoms with E-state index in [0.29, 0.717) is 23.2 Å². The second-order valence-electron chi connectivity index (χ2n) is 7.64. The van der Waals surface area contributed by atoms with Gasteiger partial charge in [0.2, 0.25) is 11.8 Å². The molecular weight excluding hydrogens is 322 g/mol. The molecule has 2 unspecified atom stereocenters. The number of carbonyl (C=O) groups is 2. The minimum atomic E-state index is -1.05. The highest BCUT2D eigenvalue weighted by molar-refractivity contribution is 6.23. The monoisotopic (exact) mass is 341 g/mol. The smallest absolute Gasteiger partial charge is 0.240 e. The molecule has 3 saturated heterocycles. The normalized spacial score (nSPS) is 39.0. The van der Waals surface area contributed by atoms with Crippen LogP contribution in [0.5, 0.6) is 0 Å². The largest absolute Gasteiger partial charge is 0.390 e. The summed E-state index contributed by atoms with van der Waals surface area (Å²) in [6.07, 6.45) is 0.959. The number of amides is 2. The molecule has 7 nitrogen and oxygen atoms in total. The molecule has 0 spiro atoms. The maximum Gasteiger partial charge on any atom is 0.240 e. The van der Waals surface area contributed by atoms with Gasteiger partial charge in [-0.25, -0.2) is 9.88 Å². The molecule has 3 aliphatic rings. The second-order valence-corrected chi connectivity index (χ2v) is 7.64. The van der Waals surface area contributed by atoms with Crippen molar-refractivity contribution in [3.63, 3.8) is 0 Å². The summed E-state index contributed by atoms with van der Waals surface area (Å²) in [7, 11) is 0. The van der Waals surface area contributed by atoms with E-state index in [2.05, 4.69) is 4.98 Å². The molecule has 0 aliphatic carbocycles. The van der Waals surface area contributed by atoms with Gasteiger partial charge < -0.3 is 9.84 Å². The third-order valence-electron chi connectivity index (χ3n) is 6.26. The molecule has 1 aromatic heterocycles. The molecule has 1 N–H and O–H groups in total. The molecule has 130 valence electrons. The van der Waals surface area contributed by atoms with E-state index in [0.717, 1.165) is 0 Å². The van der Waals surface area contributed by atoms with Gasteiger partial charge in [0.05, 0.1) is 35.4 Å². The zero-order chi connectivity index (χ0) is 18.3. The van der Waals surface area contributed by atoms with Crippen molar-refractivity contribution >= 4 is 17.5 Å². The number of imide groups is 1. The van der Waals surface area contributed by atoms with Crippen molar-refractivity contribution in [3.8, 4) is 6.07 Å². The Hall–Kier alpha value is -2.30. The second kappa shape index (κ2) is 4.65. The fraction of sp³-hybridized carbons (Fsp3) is 0.556. The molecule has 4 heterocycles. The van der Waals surface area contributed by atoms with Gasteiger partial charge in [-0.3, -0.25) is 9.59 Å². The van der Waals surface area contributed by atoms with Crippen molar-refractivity contribution < 1.29 is 19.4 Å². The molecule has 0 saturated carbocycles. The van der Waals surface area contributed by atoms with Crippen LogP contribution in [0.3, 0.4) is 0 Å². The Morgan fingerprint density at radius 1 is 1.28 bits per heavy atom. The van der Waals surface area contributed by atoms with Crippen LogP contribution in [0.1, 0.15) is 37.1 Å². The number of nitriles is 1. The van der Waals surface area contributed by atoms with E-state index in [9.17, 15) is 14.7 Å². The summed E-state index contributed by atoms with van der Waals surface area (Å²) in [5, 5.41) is 19.5. The van der Waals surface area contributed by atoms with E-state index >= 15 is 0 Å². The Balaban J connectivity index is 1.84. The van der Waals surface area contributed by atoms with Crippen molar-refractivity contribution in [2.75, 3.05) is 4.90 Å². The van der Waals surface area contributed by atoms with Crippen molar-refractivity contribution in [2.24, 2.45) is 11.8 Å². The number of aliphatic hydroxyl groups excluding tert-OH is 1. The molecular formula is C18H19N3O4. The number of fused-ring (bicyclic) bond motifs is 5. The van der Waals surface area contributed by atoms with Crippen LogP contribution in [0.2, 0.25) is 0 Å². The highest BCUT2D eigenvalue weighted by Crippen LogP contribution is 2.61. The van der Waals surface area contributed by atoms with Crippen molar-refractivity contribution in [1.82, 2.24) is 4.98 Å². The zero-order valence-corrected chi connectivity index (χ0v) is 14.5. The summed E-state index contributed by atoms with van der Waals surface area (Å²) in [6.45, 7) is 7.01. The molecule has 1 aromatic rings. The van der Waals surface area contributed by atoms with Gasteiger partial charge in [-0.1, -0.05) is 0 Å². The zero-order valence-electron chi connectivity index (χ0n) is 14.5. The van der Waals surface area contributed by atoms with Crippen LogP contribution in [0.15, 0.2) is 6.20 Å². The van der Waals surface area contributed by atoms with Crippen molar-refractivity contribution in [1.29, 1.82) is 5.26 Å². The van der Waals surface area contributed by atoms with Crippen LogP contribution in [0.25, 0.3) is 0 Å². The Morgan fingerprint density at radius 2 is 1.92 bits per heavy atom. The van der Waals surface area contributed by atoms with E-state index in [4.69, 9.17) is 10.00 Å². The summed E-state index contributed by atoms with van der Waals surface area (Å²) in [5.74, 6) is -2.00. The summed E-state index contributed by atoms with van der Waals surface area (Å²) >= 11 is 0. The summed E-state index contributed by atoms with van der Waals surface area (Å²) < 4.78 is 5.97. The lowest BCUT2D eigenvalue weighted by Gasteiger charge is -2.31. The molecule has 4 rings (SSSR count). The Labute approximate surface area is 145 Å². The number of rotatable bonds is 1. The maximum absolute atomic E-state index is 13.1. The average molecular weight is 341 g/mol. The fourth-order valence-corrected chi connectivity index (χ4v) is 4.79. The Morgan fingerprint density at radius 3 is 2.56 bits per heavy atom. The molecule has 0 aromatic carbocycles. The highest BCUT2D eigenvalue weighted by atomic mass is 16.6. The summed E-state index contributed by atoms with van der Waals surface area (Å²) in [4.78, 5) is 31.5. The number of hydrogen-bond donors (Lipinski definition) is 1. The third kappa shape index (κ3) is 1.73. The maximum atomic E-state index is 13.1. The first-order valence-corrected chi connectivity index (χ1v) is 8.28. The van der Waals surface area contributed by atoms with E-state index in [-0.39, 0.29) is 17.5 Å². The lowest BCUT2D eigenvalue weighted by atomic mass is 9.67. The van der Waals surface area contributed by atoms with E-state index in [1.807, 2.05) is 6.07 Å². The number of aromatic nitrogens is 1.